The average molecular weight is 127 g/mol. The van der Waals surface area contributed by atoms with E-state index in [1.54, 1.807) is 12.4 Å². The fourth-order valence-electron chi connectivity index (χ4n) is 0.424. The van der Waals surface area contributed by atoms with Gasteiger partial charge in [-0.3, -0.25) is 4.99 Å². The molecule has 0 fully saturated rings. The molecule has 0 aromatic carbocycles. The van der Waals surface area contributed by atoms with E-state index in [1.165, 1.54) is 0 Å². The maximum Gasteiger partial charge on any atom is 0.0659 e. The minimum Gasteiger partial charge on any atom is -0.392 e. The number of hydrogen-bond acceptors (Lipinski definition) is 2. The lowest BCUT2D eigenvalue weighted by molar-refractivity contribution is 0.327. The summed E-state index contributed by atoms with van der Waals surface area (Å²) in [5.74, 6) is 0. The number of hydrogen-bond donors (Lipinski definition) is 1. The molecule has 2 nitrogen and oxygen atoms in total. The van der Waals surface area contributed by atoms with Crippen LogP contribution in [0.1, 0.15) is 20.3 Å². The predicted octanol–water partition coefficient (Wildman–Crippen LogP) is 1.36. The Labute approximate surface area is 55.9 Å². The van der Waals surface area contributed by atoms with Crippen LogP contribution >= 0.6 is 0 Å². The van der Waals surface area contributed by atoms with Gasteiger partial charge in [0.2, 0.25) is 0 Å². The van der Waals surface area contributed by atoms with Crippen LogP contribution in [0.4, 0.5) is 0 Å². The van der Waals surface area contributed by atoms with E-state index in [0.29, 0.717) is 0 Å². The summed E-state index contributed by atoms with van der Waals surface area (Å²) in [5, 5.41) is 8.61. The quantitative estimate of drug-likeness (QED) is 0.570. The molecule has 0 radical (unpaired) electrons. The largest absolute Gasteiger partial charge is 0.392 e. The molecule has 0 rings (SSSR count). The third-order valence-electron chi connectivity index (χ3n) is 1.06. The predicted molar refractivity (Wildman–Crippen MR) is 39.6 cm³/mol. The monoisotopic (exact) mass is 127 g/mol. The molecule has 9 heavy (non-hydrogen) atoms. The second kappa shape index (κ2) is 5.51. The standard InChI is InChI=1S/C7H13NO/c1-3-7(6-9)5-8-4-2/h4-5,9H,3,6H2,1-2H3. The van der Waals surface area contributed by atoms with E-state index >= 15 is 0 Å². The van der Waals surface area contributed by atoms with E-state index in [4.69, 9.17) is 5.11 Å². The average Bonchev–Trinajstić information content (AvgIpc) is 1.91. The number of rotatable bonds is 3. The number of aliphatic imine (C=N–C) groups is 1. The highest BCUT2D eigenvalue weighted by Gasteiger charge is 1.86. The molecule has 0 aromatic heterocycles. The van der Waals surface area contributed by atoms with Crippen LogP contribution in [0.2, 0.25) is 0 Å². The van der Waals surface area contributed by atoms with Crippen molar-refractivity contribution in [3.8, 4) is 0 Å². The normalized spacial score (nSPS) is 13.0. The van der Waals surface area contributed by atoms with E-state index in [-0.39, 0.29) is 6.61 Å². The van der Waals surface area contributed by atoms with Gasteiger partial charge < -0.3 is 5.11 Å². The molecule has 0 atom stereocenters. The van der Waals surface area contributed by atoms with E-state index in [2.05, 4.69) is 4.99 Å². The molecule has 0 saturated carbocycles. The van der Waals surface area contributed by atoms with Gasteiger partial charge in [-0.2, -0.15) is 0 Å². The van der Waals surface area contributed by atoms with E-state index in [9.17, 15) is 0 Å². The van der Waals surface area contributed by atoms with Crippen LogP contribution in [-0.2, 0) is 0 Å². The van der Waals surface area contributed by atoms with Gasteiger partial charge in [0.05, 0.1) is 6.61 Å². The minimum atomic E-state index is 0.119. The van der Waals surface area contributed by atoms with Crippen LogP contribution in [0.3, 0.4) is 0 Å². The first-order valence-corrected chi connectivity index (χ1v) is 3.11. The van der Waals surface area contributed by atoms with Crippen molar-refractivity contribution in [2.75, 3.05) is 6.61 Å². The van der Waals surface area contributed by atoms with Crippen LogP contribution in [0.25, 0.3) is 0 Å². The molecule has 0 bridgehead atoms. The summed E-state index contributed by atoms with van der Waals surface area (Å²) in [6, 6.07) is 0. The summed E-state index contributed by atoms with van der Waals surface area (Å²) < 4.78 is 0. The molecule has 0 saturated heterocycles. The van der Waals surface area contributed by atoms with Crippen LogP contribution in [0.15, 0.2) is 16.8 Å². The van der Waals surface area contributed by atoms with Gasteiger partial charge in [-0.15, -0.1) is 0 Å². The van der Waals surface area contributed by atoms with Gasteiger partial charge in [-0.1, -0.05) is 6.92 Å². The highest BCUT2D eigenvalue weighted by atomic mass is 16.3. The highest BCUT2D eigenvalue weighted by Crippen LogP contribution is 1.97. The van der Waals surface area contributed by atoms with Gasteiger partial charge in [0, 0.05) is 12.4 Å². The first kappa shape index (κ1) is 8.37. The maximum absolute atomic E-state index is 8.61. The van der Waals surface area contributed by atoms with Crippen molar-refractivity contribution < 1.29 is 5.11 Å². The van der Waals surface area contributed by atoms with Crippen LogP contribution in [0, 0.1) is 0 Å². The summed E-state index contributed by atoms with van der Waals surface area (Å²) in [7, 11) is 0. The van der Waals surface area contributed by atoms with E-state index in [1.807, 2.05) is 13.8 Å². The Hall–Kier alpha value is -0.630. The van der Waals surface area contributed by atoms with Crippen molar-refractivity contribution in [2.45, 2.75) is 20.3 Å². The Morgan fingerprint density at radius 1 is 1.67 bits per heavy atom. The van der Waals surface area contributed by atoms with Crippen LogP contribution in [-0.4, -0.2) is 17.9 Å². The molecule has 2 heteroatoms. The first-order valence-electron chi connectivity index (χ1n) is 3.11. The number of aliphatic hydroxyl groups is 1. The van der Waals surface area contributed by atoms with E-state index in [0.717, 1.165) is 12.0 Å². The lowest BCUT2D eigenvalue weighted by Gasteiger charge is -1.93. The molecule has 0 aliphatic rings. The lowest BCUT2D eigenvalue weighted by atomic mass is 10.2. The summed E-state index contributed by atoms with van der Waals surface area (Å²) >= 11 is 0. The van der Waals surface area contributed by atoms with E-state index < -0.39 is 0 Å². The van der Waals surface area contributed by atoms with Gasteiger partial charge in [-0.05, 0) is 18.9 Å². The first-order chi connectivity index (χ1) is 4.35. The Morgan fingerprint density at radius 3 is 2.67 bits per heavy atom. The van der Waals surface area contributed by atoms with Gasteiger partial charge in [-0.25, -0.2) is 0 Å². The third kappa shape index (κ3) is 3.91. The second-order valence-electron chi connectivity index (χ2n) is 1.71. The zero-order valence-corrected chi connectivity index (χ0v) is 5.96. The molecule has 0 amide bonds. The molecule has 0 unspecified atom stereocenters. The summed E-state index contributed by atoms with van der Waals surface area (Å²) in [4.78, 5) is 3.87. The zero-order valence-electron chi connectivity index (χ0n) is 5.96. The Bertz CT molecular complexity index is 110. The zero-order chi connectivity index (χ0) is 7.11. The van der Waals surface area contributed by atoms with Crippen molar-refractivity contribution >= 4 is 6.21 Å². The third-order valence-corrected chi connectivity index (χ3v) is 1.06. The molecule has 0 aromatic rings. The Kier molecular flexibility index (Phi) is 5.12. The molecule has 0 spiro atoms. The summed E-state index contributed by atoms with van der Waals surface area (Å²) in [5.41, 5.74) is 0.966. The van der Waals surface area contributed by atoms with Crippen molar-refractivity contribution in [3.05, 3.63) is 11.8 Å². The molecule has 0 aliphatic carbocycles. The lowest BCUT2D eigenvalue weighted by Crippen LogP contribution is -1.86. The summed E-state index contributed by atoms with van der Waals surface area (Å²) in [6.45, 7) is 3.96. The smallest absolute Gasteiger partial charge is 0.0659 e. The SMILES string of the molecule is CC=NC=C(CC)CO. The van der Waals surface area contributed by atoms with Crippen molar-refractivity contribution in [1.82, 2.24) is 0 Å². The number of nitrogens with zero attached hydrogens (tertiary/aromatic N) is 1. The van der Waals surface area contributed by atoms with Crippen LogP contribution < -0.4 is 0 Å². The van der Waals surface area contributed by atoms with Gasteiger partial charge in [0.25, 0.3) is 0 Å². The van der Waals surface area contributed by atoms with Gasteiger partial charge in [0.15, 0.2) is 0 Å². The molecular weight excluding hydrogens is 114 g/mol. The minimum absolute atomic E-state index is 0.119. The summed E-state index contributed by atoms with van der Waals surface area (Å²) in [6.07, 6.45) is 4.26. The van der Waals surface area contributed by atoms with Crippen LogP contribution in [0.5, 0.6) is 0 Å². The number of aliphatic hydroxyl groups excluding tert-OH is 1. The fourth-order valence-corrected chi connectivity index (χ4v) is 0.424. The molecule has 1 N–H and O–H groups in total. The molecule has 52 valence electrons. The molecular formula is C7H13NO. The molecule has 0 heterocycles. The maximum atomic E-state index is 8.61. The molecule has 0 aliphatic heterocycles. The topological polar surface area (TPSA) is 32.6 Å². The highest BCUT2D eigenvalue weighted by molar-refractivity contribution is 5.54. The Morgan fingerprint density at radius 2 is 2.33 bits per heavy atom. The second-order valence-corrected chi connectivity index (χ2v) is 1.71. The van der Waals surface area contributed by atoms with Crippen molar-refractivity contribution in [2.24, 2.45) is 4.99 Å². The van der Waals surface area contributed by atoms with Gasteiger partial charge >= 0.3 is 0 Å². The Balaban J connectivity index is 3.75. The fraction of sp³-hybridized carbons (Fsp3) is 0.571. The van der Waals surface area contributed by atoms with Crippen molar-refractivity contribution in [3.63, 3.8) is 0 Å². The van der Waals surface area contributed by atoms with Crippen molar-refractivity contribution in [1.29, 1.82) is 0 Å². The van der Waals surface area contributed by atoms with Gasteiger partial charge in [0.1, 0.15) is 0 Å².